The normalized spacial score (nSPS) is 16.2. The Morgan fingerprint density at radius 3 is 2.64 bits per heavy atom. The highest BCUT2D eigenvalue weighted by Gasteiger charge is 2.20. The standard InChI is InChI=1S/C20H30N4O/c1-20(2,3)24-15-16(14-22-24)13-21-17-8-10-23(11-9-17)18-6-5-7-19(12-18)25-4/h5-7,12,14-15,17,21H,8-11,13H2,1-4H3. The summed E-state index contributed by atoms with van der Waals surface area (Å²) in [6, 6.07) is 8.91. The van der Waals surface area contributed by atoms with E-state index >= 15 is 0 Å². The van der Waals surface area contributed by atoms with Gasteiger partial charge in [0, 0.05) is 49.2 Å². The Morgan fingerprint density at radius 2 is 2.00 bits per heavy atom. The first-order valence-electron chi connectivity index (χ1n) is 9.12. The number of hydrogen-bond donors (Lipinski definition) is 1. The van der Waals surface area contributed by atoms with Crippen molar-refractivity contribution < 1.29 is 4.74 Å². The predicted octanol–water partition coefficient (Wildman–Crippen LogP) is 3.41. The van der Waals surface area contributed by atoms with E-state index in [1.54, 1.807) is 7.11 Å². The summed E-state index contributed by atoms with van der Waals surface area (Å²) in [5.74, 6) is 0.925. The lowest BCUT2D eigenvalue weighted by atomic mass is 10.0. The molecule has 0 radical (unpaired) electrons. The third-order valence-corrected chi connectivity index (χ3v) is 4.83. The molecular formula is C20H30N4O. The average molecular weight is 342 g/mol. The molecule has 136 valence electrons. The van der Waals surface area contributed by atoms with E-state index < -0.39 is 0 Å². The number of benzene rings is 1. The monoisotopic (exact) mass is 342 g/mol. The van der Waals surface area contributed by atoms with Crippen LogP contribution in [0.15, 0.2) is 36.7 Å². The van der Waals surface area contributed by atoms with Gasteiger partial charge in [-0.1, -0.05) is 6.07 Å². The topological polar surface area (TPSA) is 42.3 Å². The summed E-state index contributed by atoms with van der Waals surface area (Å²) in [5.41, 5.74) is 2.55. The van der Waals surface area contributed by atoms with Crippen LogP contribution in [-0.4, -0.2) is 36.0 Å². The first-order chi connectivity index (χ1) is 12.0. The third-order valence-electron chi connectivity index (χ3n) is 4.83. The molecule has 1 fully saturated rings. The van der Waals surface area contributed by atoms with Gasteiger partial charge in [0.1, 0.15) is 5.75 Å². The van der Waals surface area contributed by atoms with E-state index in [1.165, 1.54) is 11.3 Å². The molecule has 0 saturated carbocycles. The molecular weight excluding hydrogens is 312 g/mol. The van der Waals surface area contributed by atoms with Crippen molar-refractivity contribution in [2.24, 2.45) is 0 Å². The minimum absolute atomic E-state index is 0.0420. The molecule has 2 aromatic rings. The van der Waals surface area contributed by atoms with Crippen LogP contribution in [-0.2, 0) is 12.1 Å². The summed E-state index contributed by atoms with van der Waals surface area (Å²) in [6.45, 7) is 9.56. The molecule has 1 aromatic carbocycles. The van der Waals surface area contributed by atoms with Gasteiger partial charge in [-0.3, -0.25) is 4.68 Å². The minimum atomic E-state index is 0.0420. The molecule has 5 heteroatoms. The summed E-state index contributed by atoms with van der Waals surface area (Å²) in [4.78, 5) is 2.44. The van der Waals surface area contributed by atoms with Gasteiger partial charge >= 0.3 is 0 Å². The Kier molecular flexibility index (Phi) is 5.33. The van der Waals surface area contributed by atoms with Gasteiger partial charge in [-0.25, -0.2) is 0 Å². The molecule has 0 unspecified atom stereocenters. The molecule has 0 bridgehead atoms. The fourth-order valence-corrected chi connectivity index (χ4v) is 3.23. The smallest absolute Gasteiger partial charge is 0.120 e. The predicted molar refractivity (Wildman–Crippen MR) is 102 cm³/mol. The van der Waals surface area contributed by atoms with Gasteiger partial charge in [-0.15, -0.1) is 0 Å². The zero-order valence-corrected chi connectivity index (χ0v) is 15.8. The van der Waals surface area contributed by atoms with Crippen LogP contribution in [0.4, 0.5) is 5.69 Å². The van der Waals surface area contributed by atoms with Gasteiger partial charge in [0.25, 0.3) is 0 Å². The molecule has 0 spiro atoms. The number of piperidine rings is 1. The molecule has 0 aliphatic carbocycles. The van der Waals surface area contributed by atoms with Crippen molar-refractivity contribution in [3.8, 4) is 5.75 Å². The highest BCUT2D eigenvalue weighted by atomic mass is 16.5. The van der Waals surface area contributed by atoms with Crippen molar-refractivity contribution in [3.05, 3.63) is 42.2 Å². The van der Waals surface area contributed by atoms with Crippen molar-refractivity contribution >= 4 is 5.69 Å². The van der Waals surface area contributed by atoms with Crippen LogP contribution >= 0.6 is 0 Å². The number of anilines is 1. The maximum absolute atomic E-state index is 5.33. The molecule has 2 heterocycles. The largest absolute Gasteiger partial charge is 0.497 e. The number of nitrogens with one attached hydrogen (secondary N) is 1. The molecule has 1 aliphatic heterocycles. The van der Waals surface area contributed by atoms with E-state index in [0.717, 1.165) is 38.2 Å². The van der Waals surface area contributed by atoms with E-state index in [9.17, 15) is 0 Å². The molecule has 5 nitrogen and oxygen atoms in total. The molecule has 0 atom stereocenters. The molecule has 3 rings (SSSR count). The van der Waals surface area contributed by atoms with Crippen LogP contribution in [0.5, 0.6) is 5.75 Å². The van der Waals surface area contributed by atoms with Crippen LogP contribution in [0.3, 0.4) is 0 Å². The number of methoxy groups -OCH3 is 1. The van der Waals surface area contributed by atoms with E-state index in [-0.39, 0.29) is 5.54 Å². The third kappa shape index (κ3) is 4.54. The number of nitrogens with zero attached hydrogens (tertiary/aromatic N) is 3. The Labute approximate surface area is 151 Å². The van der Waals surface area contributed by atoms with Gasteiger partial charge in [0.15, 0.2) is 0 Å². The Hall–Kier alpha value is -2.01. The maximum atomic E-state index is 5.33. The van der Waals surface area contributed by atoms with E-state index in [4.69, 9.17) is 4.74 Å². The SMILES string of the molecule is COc1cccc(N2CCC(NCc3cnn(C(C)(C)C)c3)CC2)c1. The Balaban J connectivity index is 1.48. The van der Waals surface area contributed by atoms with Crippen LogP contribution in [0.2, 0.25) is 0 Å². The van der Waals surface area contributed by atoms with Crippen molar-refractivity contribution in [2.75, 3.05) is 25.1 Å². The number of aromatic nitrogens is 2. The lowest BCUT2D eigenvalue weighted by Gasteiger charge is -2.34. The molecule has 1 aliphatic rings. The second-order valence-electron chi connectivity index (χ2n) is 7.81. The van der Waals surface area contributed by atoms with Crippen LogP contribution < -0.4 is 15.0 Å². The van der Waals surface area contributed by atoms with Crippen LogP contribution in [0.1, 0.15) is 39.2 Å². The second kappa shape index (κ2) is 7.48. The first-order valence-corrected chi connectivity index (χ1v) is 9.12. The van der Waals surface area contributed by atoms with Crippen molar-refractivity contribution in [1.82, 2.24) is 15.1 Å². The van der Waals surface area contributed by atoms with Gasteiger partial charge < -0.3 is 15.0 Å². The first kappa shape index (κ1) is 17.8. The van der Waals surface area contributed by atoms with Crippen molar-refractivity contribution in [2.45, 2.75) is 51.7 Å². The number of rotatable bonds is 5. The molecule has 1 N–H and O–H groups in total. The maximum Gasteiger partial charge on any atom is 0.120 e. The van der Waals surface area contributed by atoms with Gasteiger partial charge in [0.05, 0.1) is 18.8 Å². The summed E-state index contributed by atoms with van der Waals surface area (Å²) in [7, 11) is 1.72. The highest BCUT2D eigenvalue weighted by Crippen LogP contribution is 2.24. The molecule has 1 aromatic heterocycles. The fourth-order valence-electron chi connectivity index (χ4n) is 3.23. The molecule has 25 heavy (non-hydrogen) atoms. The van der Waals surface area contributed by atoms with Crippen molar-refractivity contribution in [3.63, 3.8) is 0 Å². The minimum Gasteiger partial charge on any atom is -0.497 e. The Morgan fingerprint density at radius 1 is 1.24 bits per heavy atom. The lowest BCUT2D eigenvalue weighted by Crippen LogP contribution is -2.42. The zero-order chi connectivity index (χ0) is 17.9. The summed E-state index contributed by atoms with van der Waals surface area (Å²) in [5, 5.41) is 8.17. The average Bonchev–Trinajstić information content (AvgIpc) is 3.10. The van der Waals surface area contributed by atoms with Gasteiger partial charge in [-0.2, -0.15) is 5.10 Å². The summed E-state index contributed by atoms with van der Waals surface area (Å²) < 4.78 is 7.37. The second-order valence-corrected chi connectivity index (χ2v) is 7.81. The summed E-state index contributed by atoms with van der Waals surface area (Å²) in [6.07, 6.45) is 6.44. The van der Waals surface area contributed by atoms with Crippen molar-refractivity contribution in [1.29, 1.82) is 0 Å². The Bertz CT molecular complexity index is 681. The lowest BCUT2D eigenvalue weighted by molar-refractivity contribution is 0.355. The van der Waals surface area contributed by atoms with Gasteiger partial charge in [0.2, 0.25) is 0 Å². The van der Waals surface area contributed by atoms with E-state index in [1.807, 2.05) is 16.9 Å². The highest BCUT2D eigenvalue weighted by molar-refractivity contribution is 5.51. The molecule has 0 amide bonds. The summed E-state index contributed by atoms with van der Waals surface area (Å²) >= 11 is 0. The van der Waals surface area contributed by atoms with Crippen LogP contribution in [0, 0.1) is 0 Å². The molecule has 1 saturated heterocycles. The van der Waals surface area contributed by atoms with E-state index in [0.29, 0.717) is 6.04 Å². The fraction of sp³-hybridized carbons (Fsp3) is 0.550. The zero-order valence-electron chi connectivity index (χ0n) is 15.8. The number of ether oxygens (including phenoxy) is 1. The van der Waals surface area contributed by atoms with E-state index in [2.05, 4.69) is 60.5 Å². The quantitative estimate of drug-likeness (QED) is 0.904. The number of hydrogen-bond acceptors (Lipinski definition) is 4. The van der Waals surface area contributed by atoms with Gasteiger partial charge in [-0.05, 0) is 45.7 Å². The van der Waals surface area contributed by atoms with Crippen LogP contribution in [0.25, 0.3) is 0 Å².